The van der Waals surface area contributed by atoms with E-state index < -0.39 is 11.9 Å². The van der Waals surface area contributed by atoms with Gasteiger partial charge in [0, 0.05) is 48.7 Å². The van der Waals surface area contributed by atoms with E-state index in [9.17, 15) is 9.59 Å². The van der Waals surface area contributed by atoms with E-state index in [1.165, 1.54) is 31.3 Å². The lowest BCUT2D eigenvalue weighted by molar-refractivity contribution is -0.173. The summed E-state index contributed by atoms with van der Waals surface area (Å²) in [6, 6.07) is 17.4. The lowest BCUT2D eigenvalue weighted by Crippen LogP contribution is -2.33. The summed E-state index contributed by atoms with van der Waals surface area (Å²) < 4.78 is 25.3. The van der Waals surface area contributed by atoms with Gasteiger partial charge in [-0.05, 0) is 82.6 Å². The summed E-state index contributed by atoms with van der Waals surface area (Å²) in [6.07, 6.45) is 2.59. The summed E-state index contributed by atoms with van der Waals surface area (Å²) >= 11 is 3.52. The third kappa shape index (κ3) is 8.65. The second-order valence-corrected chi connectivity index (χ2v) is 13.4. The highest BCUT2D eigenvalue weighted by Crippen LogP contribution is 2.23. The molecule has 6 rings (SSSR count). The molecule has 234 valence electrons. The number of thiophene rings is 2. The minimum absolute atomic E-state index is 0.295. The molecule has 2 atom stereocenters. The van der Waals surface area contributed by atoms with Gasteiger partial charge in [0.05, 0.1) is 26.4 Å². The number of fused-ring (bicyclic) bond motifs is 2. The molecule has 2 aliphatic heterocycles. The summed E-state index contributed by atoms with van der Waals surface area (Å²) in [5, 5.41) is 6.81. The highest BCUT2D eigenvalue weighted by Gasteiger charge is 2.32. The summed E-state index contributed by atoms with van der Waals surface area (Å²) in [5.74, 6) is -1.78. The number of hydrogen-bond donors (Lipinski definition) is 0. The Labute approximate surface area is 266 Å². The molecule has 2 aromatic heterocycles. The van der Waals surface area contributed by atoms with Crippen LogP contribution >= 0.6 is 22.7 Å². The van der Waals surface area contributed by atoms with Crippen LogP contribution in [-0.2, 0) is 41.4 Å². The number of benzene rings is 2. The van der Waals surface area contributed by atoms with E-state index in [2.05, 4.69) is 69.1 Å². The van der Waals surface area contributed by atoms with E-state index in [1.54, 1.807) is 22.7 Å². The average molecular weight is 637 g/mol. The van der Waals surface area contributed by atoms with Gasteiger partial charge in [0.1, 0.15) is 12.2 Å². The summed E-state index contributed by atoms with van der Waals surface area (Å²) in [4.78, 5) is 29.3. The van der Waals surface area contributed by atoms with E-state index in [-0.39, 0.29) is 12.2 Å². The largest absolute Gasteiger partial charge is 0.453 e. The molecule has 2 unspecified atom stereocenters. The average Bonchev–Trinajstić information content (AvgIpc) is 3.84. The molecule has 2 saturated heterocycles. The van der Waals surface area contributed by atoms with Gasteiger partial charge in [-0.25, -0.2) is 9.59 Å². The van der Waals surface area contributed by atoms with Crippen molar-refractivity contribution in [1.29, 1.82) is 0 Å². The van der Waals surface area contributed by atoms with Gasteiger partial charge < -0.3 is 18.9 Å². The van der Waals surface area contributed by atoms with Crippen LogP contribution in [0.1, 0.15) is 24.0 Å². The fourth-order valence-corrected chi connectivity index (χ4v) is 7.45. The molecule has 10 heteroatoms. The predicted molar refractivity (Wildman–Crippen MR) is 175 cm³/mol. The predicted octanol–water partition coefficient (Wildman–Crippen LogP) is 5.17. The molecule has 0 bridgehead atoms. The van der Waals surface area contributed by atoms with Crippen molar-refractivity contribution in [2.24, 2.45) is 0 Å². The Hall–Kier alpha value is -2.86. The summed E-state index contributed by atoms with van der Waals surface area (Å²) in [7, 11) is 0. The van der Waals surface area contributed by atoms with Gasteiger partial charge in [0.15, 0.2) is 0 Å². The fraction of sp³-hybridized carbons (Fsp3) is 0.471. The van der Waals surface area contributed by atoms with Gasteiger partial charge in [0.25, 0.3) is 0 Å². The van der Waals surface area contributed by atoms with Crippen molar-refractivity contribution in [3.8, 4) is 0 Å². The molecule has 0 spiro atoms. The van der Waals surface area contributed by atoms with Gasteiger partial charge >= 0.3 is 11.9 Å². The molecule has 0 amide bonds. The summed E-state index contributed by atoms with van der Waals surface area (Å²) in [5.41, 5.74) is 2.56. The topological polar surface area (TPSA) is 77.5 Å². The molecule has 0 N–H and O–H groups in total. The molecule has 4 heterocycles. The maximum atomic E-state index is 12.4. The zero-order chi connectivity index (χ0) is 30.1. The highest BCUT2D eigenvalue weighted by atomic mass is 32.1. The molecule has 44 heavy (non-hydrogen) atoms. The normalized spacial score (nSPS) is 19.3. The minimum atomic E-state index is -0.891. The Balaban J connectivity index is 0.797. The van der Waals surface area contributed by atoms with E-state index in [4.69, 9.17) is 18.9 Å². The molecular weight excluding hydrogens is 597 g/mol. The monoisotopic (exact) mass is 636 g/mol. The lowest BCUT2D eigenvalue weighted by atomic mass is 10.1. The first kappa shape index (κ1) is 31.1. The number of nitrogens with zero attached hydrogens (tertiary/aromatic N) is 2. The molecule has 0 radical (unpaired) electrons. The molecule has 2 aromatic carbocycles. The Kier molecular flexibility index (Phi) is 10.9. The smallest absolute Gasteiger partial charge is 0.417 e. The maximum Gasteiger partial charge on any atom is 0.417 e. The third-order valence-electron chi connectivity index (χ3n) is 8.38. The minimum Gasteiger partial charge on any atom is -0.453 e. The van der Waals surface area contributed by atoms with Crippen molar-refractivity contribution in [2.45, 2.75) is 37.9 Å². The first-order valence-electron chi connectivity index (χ1n) is 15.5. The number of carbonyl (C=O) groups excluding carboxylic acids is 2. The van der Waals surface area contributed by atoms with E-state index in [0.717, 1.165) is 39.0 Å². The molecule has 0 saturated carbocycles. The maximum absolute atomic E-state index is 12.4. The molecule has 2 aliphatic rings. The second kappa shape index (κ2) is 15.4. The van der Waals surface area contributed by atoms with Crippen LogP contribution in [0.4, 0.5) is 0 Å². The third-order valence-corrected chi connectivity index (χ3v) is 10.2. The van der Waals surface area contributed by atoms with Crippen LogP contribution in [0.25, 0.3) is 20.2 Å². The Morgan fingerprint density at radius 1 is 0.659 bits per heavy atom. The Morgan fingerprint density at radius 3 is 1.61 bits per heavy atom. The van der Waals surface area contributed by atoms with Crippen molar-refractivity contribution in [2.75, 3.05) is 65.7 Å². The van der Waals surface area contributed by atoms with Crippen LogP contribution in [0.5, 0.6) is 0 Å². The Bertz CT molecular complexity index is 1420. The number of esters is 2. The van der Waals surface area contributed by atoms with Crippen molar-refractivity contribution in [1.82, 2.24) is 9.80 Å². The fourth-order valence-electron chi connectivity index (χ4n) is 5.91. The quantitative estimate of drug-likeness (QED) is 0.107. The second-order valence-electron chi connectivity index (χ2n) is 11.5. The van der Waals surface area contributed by atoms with E-state index >= 15 is 0 Å². The first-order valence-corrected chi connectivity index (χ1v) is 17.3. The molecule has 0 aliphatic carbocycles. The van der Waals surface area contributed by atoms with Gasteiger partial charge in [-0.3, -0.25) is 9.80 Å². The van der Waals surface area contributed by atoms with Gasteiger partial charge in [-0.1, -0.05) is 24.3 Å². The molecule has 8 nitrogen and oxygen atoms in total. The van der Waals surface area contributed by atoms with Crippen LogP contribution in [0.15, 0.2) is 59.3 Å². The number of ether oxygens (including phenoxy) is 4. The highest BCUT2D eigenvalue weighted by molar-refractivity contribution is 7.17. The number of carbonyl (C=O) groups is 2. The van der Waals surface area contributed by atoms with Gasteiger partial charge in [0.2, 0.25) is 0 Å². The lowest BCUT2D eigenvalue weighted by Gasteiger charge is -2.17. The van der Waals surface area contributed by atoms with E-state index in [0.29, 0.717) is 52.4 Å². The summed E-state index contributed by atoms with van der Waals surface area (Å²) in [6.45, 7) is 6.98. The van der Waals surface area contributed by atoms with Crippen molar-refractivity contribution in [3.63, 3.8) is 0 Å². The molecular formula is C34H40N2O6S2. The van der Waals surface area contributed by atoms with Crippen molar-refractivity contribution in [3.05, 3.63) is 70.4 Å². The van der Waals surface area contributed by atoms with Crippen LogP contribution in [0.3, 0.4) is 0 Å². The van der Waals surface area contributed by atoms with Crippen molar-refractivity contribution < 1.29 is 28.5 Å². The van der Waals surface area contributed by atoms with Crippen LogP contribution in [0.2, 0.25) is 0 Å². The van der Waals surface area contributed by atoms with Crippen LogP contribution < -0.4 is 0 Å². The van der Waals surface area contributed by atoms with Crippen LogP contribution in [-0.4, -0.2) is 99.6 Å². The van der Waals surface area contributed by atoms with Gasteiger partial charge in [-0.15, -0.1) is 22.7 Å². The number of hydrogen-bond acceptors (Lipinski definition) is 10. The standard InChI is InChI=1S/C34H40N2O6S2/c37-33(41-29-5-11-35(23-29)13-17-39-15-7-25-1-3-31-27(21-25)9-19-43-31)34(38)42-30-6-12-36(24-30)14-18-40-16-8-26-2-4-32-28(22-26)10-20-44-32/h1-4,9-10,19-22,29-30H,5-8,11-18,23-24H2. The SMILES string of the molecule is O=C(OC1CCN(CCOCCc2ccc3sccc3c2)C1)C(=O)OC1CCN(CCOCCc2ccc3sccc3c2)C1. The molecule has 2 fully saturated rings. The van der Waals surface area contributed by atoms with Crippen molar-refractivity contribution >= 4 is 54.8 Å². The zero-order valence-corrected chi connectivity index (χ0v) is 26.6. The number of rotatable bonds is 14. The number of likely N-dealkylation sites (tertiary alicyclic amines) is 2. The van der Waals surface area contributed by atoms with Gasteiger partial charge in [-0.2, -0.15) is 0 Å². The van der Waals surface area contributed by atoms with E-state index in [1.807, 2.05) is 0 Å². The molecule has 4 aromatic rings. The first-order chi connectivity index (χ1) is 21.6. The zero-order valence-electron chi connectivity index (χ0n) is 25.0. The van der Waals surface area contributed by atoms with Crippen LogP contribution in [0, 0.1) is 0 Å². The Morgan fingerprint density at radius 2 is 1.14 bits per heavy atom.